The molecule has 0 saturated carbocycles. The van der Waals surface area contributed by atoms with Crippen LogP contribution in [-0.4, -0.2) is 30.9 Å². The highest BCUT2D eigenvalue weighted by Gasteiger charge is 2.17. The fourth-order valence-electron chi connectivity index (χ4n) is 1.67. The van der Waals surface area contributed by atoms with Gasteiger partial charge in [0.05, 0.1) is 18.1 Å². The van der Waals surface area contributed by atoms with E-state index in [1.807, 2.05) is 13.0 Å². The lowest BCUT2D eigenvalue weighted by molar-refractivity contribution is 0.0769. The van der Waals surface area contributed by atoms with E-state index in [1.165, 1.54) is 0 Å². The van der Waals surface area contributed by atoms with E-state index in [0.29, 0.717) is 30.1 Å². The van der Waals surface area contributed by atoms with Crippen LogP contribution < -0.4 is 5.32 Å². The standard InChI is InChI=1S/C13H16ClN3O/c1-3-17(8-4-7-15)13(18)11-9-10(14)5-6-12(11)16-2/h5-6,9,16H,3-4,8H2,1-2H3. The highest BCUT2D eigenvalue weighted by molar-refractivity contribution is 6.31. The first-order chi connectivity index (χ1) is 8.63. The average Bonchev–Trinajstić information content (AvgIpc) is 2.39. The molecule has 18 heavy (non-hydrogen) atoms. The van der Waals surface area contributed by atoms with Gasteiger partial charge in [-0.25, -0.2) is 0 Å². The molecule has 1 N–H and O–H groups in total. The van der Waals surface area contributed by atoms with Crippen molar-refractivity contribution in [2.75, 3.05) is 25.5 Å². The maximum atomic E-state index is 12.3. The predicted octanol–water partition coefficient (Wildman–Crippen LogP) is 2.76. The molecule has 0 atom stereocenters. The van der Waals surface area contributed by atoms with Gasteiger partial charge in [0, 0.05) is 30.8 Å². The normalized spacial score (nSPS) is 9.67. The smallest absolute Gasteiger partial charge is 0.256 e. The summed E-state index contributed by atoms with van der Waals surface area (Å²) in [6.07, 6.45) is 0.328. The molecule has 5 heteroatoms. The first-order valence-electron chi connectivity index (χ1n) is 5.77. The summed E-state index contributed by atoms with van der Waals surface area (Å²) in [5, 5.41) is 12.1. The van der Waals surface area contributed by atoms with Gasteiger partial charge in [0.25, 0.3) is 5.91 Å². The number of anilines is 1. The van der Waals surface area contributed by atoms with Crippen molar-refractivity contribution in [1.29, 1.82) is 5.26 Å². The van der Waals surface area contributed by atoms with Crippen LogP contribution in [0.5, 0.6) is 0 Å². The summed E-state index contributed by atoms with van der Waals surface area (Å²) in [6.45, 7) is 2.89. The van der Waals surface area contributed by atoms with Crippen LogP contribution in [0.3, 0.4) is 0 Å². The Balaban J connectivity index is 3.00. The van der Waals surface area contributed by atoms with Gasteiger partial charge in [-0.2, -0.15) is 5.26 Å². The topological polar surface area (TPSA) is 56.1 Å². The number of benzene rings is 1. The molecule has 0 spiro atoms. The lowest BCUT2D eigenvalue weighted by atomic mass is 10.1. The van der Waals surface area contributed by atoms with Gasteiger partial charge < -0.3 is 10.2 Å². The molecule has 0 aliphatic rings. The maximum Gasteiger partial charge on any atom is 0.256 e. The molecule has 1 aromatic carbocycles. The third-order valence-electron chi connectivity index (χ3n) is 2.64. The number of nitrogens with one attached hydrogen (secondary N) is 1. The largest absolute Gasteiger partial charge is 0.387 e. The number of hydrogen-bond acceptors (Lipinski definition) is 3. The number of nitriles is 1. The van der Waals surface area contributed by atoms with Crippen LogP contribution in [0.4, 0.5) is 5.69 Å². The number of nitrogens with zero attached hydrogens (tertiary/aromatic N) is 2. The third-order valence-corrected chi connectivity index (χ3v) is 2.88. The van der Waals surface area contributed by atoms with Crippen molar-refractivity contribution in [3.63, 3.8) is 0 Å². The molecular weight excluding hydrogens is 250 g/mol. The molecule has 4 nitrogen and oxygen atoms in total. The fourth-order valence-corrected chi connectivity index (χ4v) is 1.84. The summed E-state index contributed by atoms with van der Waals surface area (Å²) in [4.78, 5) is 14.0. The third kappa shape index (κ3) is 3.38. The first-order valence-corrected chi connectivity index (χ1v) is 6.15. The minimum Gasteiger partial charge on any atom is -0.387 e. The zero-order chi connectivity index (χ0) is 13.5. The Labute approximate surface area is 112 Å². The predicted molar refractivity (Wildman–Crippen MR) is 72.8 cm³/mol. The van der Waals surface area contributed by atoms with E-state index in [0.717, 1.165) is 5.69 Å². The summed E-state index contributed by atoms with van der Waals surface area (Å²) >= 11 is 5.92. The molecule has 0 fully saturated rings. The van der Waals surface area contributed by atoms with Gasteiger partial charge in [-0.3, -0.25) is 4.79 Å². The first kappa shape index (κ1) is 14.3. The van der Waals surface area contributed by atoms with Crippen molar-refractivity contribution >= 4 is 23.2 Å². The number of rotatable bonds is 5. The summed E-state index contributed by atoms with van der Waals surface area (Å²) in [5.74, 6) is -0.111. The van der Waals surface area contributed by atoms with Gasteiger partial charge in [-0.15, -0.1) is 0 Å². The SMILES string of the molecule is CCN(CCC#N)C(=O)c1cc(Cl)ccc1NC. The van der Waals surface area contributed by atoms with Crippen LogP contribution in [0.25, 0.3) is 0 Å². The molecule has 0 saturated heterocycles. The van der Waals surface area contributed by atoms with Gasteiger partial charge in [-0.05, 0) is 25.1 Å². The van der Waals surface area contributed by atoms with E-state index >= 15 is 0 Å². The van der Waals surface area contributed by atoms with E-state index < -0.39 is 0 Å². The lowest BCUT2D eigenvalue weighted by Gasteiger charge is -2.21. The van der Waals surface area contributed by atoms with Crippen molar-refractivity contribution in [3.05, 3.63) is 28.8 Å². The fraction of sp³-hybridized carbons (Fsp3) is 0.385. The van der Waals surface area contributed by atoms with E-state index in [4.69, 9.17) is 16.9 Å². The number of amides is 1. The number of carbonyl (C=O) groups excluding carboxylic acids is 1. The van der Waals surface area contributed by atoms with E-state index in [1.54, 1.807) is 30.1 Å². The molecule has 1 aromatic rings. The van der Waals surface area contributed by atoms with Crippen molar-refractivity contribution in [1.82, 2.24) is 4.90 Å². The number of carbonyl (C=O) groups is 1. The average molecular weight is 266 g/mol. The quantitative estimate of drug-likeness (QED) is 0.891. The zero-order valence-electron chi connectivity index (χ0n) is 10.5. The van der Waals surface area contributed by atoms with Crippen LogP contribution in [0.2, 0.25) is 5.02 Å². The molecule has 1 amide bonds. The van der Waals surface area contributed by atoms with Gasteiger partial charge in [0.2, 0.25) is 0 Å². The molecule has 96 valence electrons. The van der Waals surface area contributed by atoms with Gasteiger partial charge in [0.15, 0.2) is 0 Å². The second kappa shape index (κ2) is 6.87. The molecule has 0 aliphatic carbocycles. The lowest BCUT2D eigenvalue weighted by Crippen LogP contribution is -2.32. The monoisotopic (exact) mass is 265 g/mol. The van der Waals surface area contributed by atoms with Crippen molar-refractivity contribution < 1.29 is 4.79 Å². The van der Waals surface area contributed by atoms with Crippen LogP contribution in [0.1, 0.15) is 23.7 Å². The van der Waals surface area contributed by atoms with E-state index in [2.05, 4.69) is 5.32 Å². The molecule has 0 aliphatic heterocycles. The maximum absolute atomic E-state index is 12.3. The van der Waals surface area contributed by atoms with Gasteiger partial charge in [-0.1, -0.05) is 11.6 Å². The Morgan fingerprint density at radius 2 is 2.28 bits per heavy atom. The molecule has 0 unspecified atom stereocenters. The Morgan fingerprint density at radius 1 is 1.56 bits per heavy atom. The Kier molecular flexibility index (Phi) is 5.47. The molecular formula is C13H16ClN3O. The van der Waals surface area contributed by atoms with Gasteiger partial charge in [0.1, 0.15) is 0 Å². The van der Waals surface area contributed by atoms with Crippen molar-refractivity contribution in [2.45, 2.75) is 13.3 Å². The number of halogens is 1. The zero-order valence-corrected chi connectivity index (χ0v) is 11.3. The molecule has 1 rings (SSSR count). The Hall–Kier alpha value is -1.73. The number of hydrogen-bond donors (Lipinski definition) is 1. The second-order valence-corrected chi connectivity index (χ2v) is 4.17. The van der Waals surface area contributed by atoms with Gasteiger partial charge >= 0.3 is 0 Å². The Morgan fingerprint density at radius 3 is 2.83 bits per heavy atom. The summed E-state index contributed by atoms with van der Waals surface area (Å²) < 4.78 is 0. The minimum absolute atomic E-state index is 0.111. The highest BCUT2D eigenvalue weighted by Crippen LogP contribution is 2.22. The summed E-state index contributed by atoms with van der Waals surface area (Å²) in [5.41, 5.74) is 1.27. The molecule has 0 heterocycles. The highest BCUT2D eigenvalue weighted by atomic mass is 35.5. The Bertz CT molecular complexity index is 468. The van der Waals surface area contributed by atoms with Crippen LogP contribution in [-0.2, 0) is 0 Å². The van der Waals surface area contributed by atoms with E-state index in [-0.39, 0.29) is 5.91 Å². The summed E-state index contributed by atoms with van der Waals surface area (Å²) in [7, 11) is 1.76. The molecule has 0 bridgehead atoms. The second-order valence-electron chi connectivity index (χ2n) is 3.73. The summed E-state index contributed by atoms with van der Waals surface area (Å²) in [6, 6.07) is 7.19. The van der Waals surface area contributed by atoms with Crippen molar-refractivity contribution in [3.8, 4) is 6.07 Å². The van der Waals surface area contributed by atoms with Crippen LogP contribution >= 0.6 is 11.6 Å². The molecule has 0 radical (unpaired) electrons. The van der Waals surface area contributed by atoms with E-state index in [9.17, 15) is 4.79 Å². The van der Waals surface area contributed by atoms with Crippen LogP contribution in [0.15, 0.2) is 18.2 Å². The molecule has 0 aromatic heterocycles. The van der Waals surface area contributed by atoms with Crippen molar-refractivity contribution in [2.24, 2.45) is 0 Å². The van der Waals surface area contributed by atoms with Crippen LogP contribution in [0, 0.1) is 11.3 Å². The minimum atomic E-state index is -0.111.